The van der Waals surface area contributed by atoms with E-state index in [1.807, 2.05) is 0 Å². The average Bonchev–Trinajstić information content (AvgIpc) is 2.16. The third kappa shape index (κ3) is 7.94. The minimum absolute atomic E-state index is 0.579. The molecule has 0 heterocycles. The van der Waals surface area contributed by atoms with E-state index in [1.54, 1.807) is 0 Å². The normalized spacial score (nSPS) is 15.7. The summed E-state index contributed by atoms with van der Waals surface area (Å²) >= 11 is 0. The quantitative estimate of drug-likeness (QED) is 0.342. The summed E-state index contributed by atoms with van der Waals surface area (Å²) in [5.41, 5.74) is 0. The fraction of sp³-hybridized carbons (Fsp3) is 1.00. The van der Waals surface area contributed by atoms with E-state index in [0.29, 0.717) is 0 Å². The first kappa shape index (κ1) is 12.6. The Kier molecular flexibility index (Phi) is 7.96. The lowest BCUT2D eigenvalue weighted by Crippen LogP contribution is -2.16. The van der Waals surface area contributed by atoms with Crippen molar-refractivity contribution in [3.63, 3.8) is 0 Å². The monoisotopic (exact) mass is 206 g/mol. The van der Waals surface area contributed by atoms with Gasteiger partial charge < -0.3 is 14.2 Å². The Morgan fingerprint density at radius 3 is 1.54 bits per heavy atom. The fourth-order valence-electron chi connectivity index (χ4n) is 0.367. The fourth-order valence-corrected chi connectivity index (χ4v) is 0.367. The van der Waals surface area contributed by atoms with E-state index < -0.39 is 39.7 Å². The first-order valence-corrected chi connectivity index (χ1v) is 3.41. The maximum Gasteiger partial charge on any atom is 0.229 e. The molecule has 2 atom stereocenters. The molecular weight excluding hydrogens is 196 g/mol. The molecule has 0 N–H and O–H groups in total. The number of rotatable bonds is 8. The van der Waals surface area contributed by atoms with Crippen LogP contribution in [-0.2, 0) is 14.2 Å². The Bertz CT molecular complexity index is 104. The summed E-state index contributed by atoms with van der Waals surface area (Å²) in [6.45, 7) is -3.74. The molecule has 2 unspecified atom stereocenters. The standard InChI is InChI=1S/C6H10F4O3/c7-1-5(9)12-3-11-4-13-6(10)2-8/h5-6H,1-4H2. The van der Waals surface area contributed by atoms with Gasteiger partial charge in [0.05, 0.1) is 0 Å². The molecule has 7 heteroatoms. The Balaban J connectivity index is 3.08. The van der Waals surface area contributed by atoms with Crippen LogP contribution in [0.4, 0.5) is 17.6 Å². The van der Waals surface area contributed by atoms with Gasteiger partial charge in [-0.3, -0.25) is 0 Å². The maximum absolute atomic E-state index is 11.9. The van der Waals surface area contributed by atoms with Crippen LogP contribution in [0.15, 0.2) is 0 Å². The summed E-state index contributed by atoms with van der Waals surface area (Å²) in [5, 5.41) is 0. The number of halogens is 4. The Morgan fingerprint density at radius 1 is 0.846 bits per heavy atom. The molecule has 0 spiro atoms. The van der Waals surface area contributed by atoms with E-state index in [-0.39, 0.29) is 0 Å². The van der Waals surface area contributed by atoms with Gasteiger partial charge in [0.1, 0.15) is 13.3 Å². The van der Waals surface area contributed by atoms with Crippen LogP contribution in [0.5, 0.6) is 0 Å². The summed E-state index contributed by atoms with van der Waals surface area (Å²) < 4.78 is 59.0. The molecule has 0 aromatic heterocycles. The number of hydrogen-bond donors (Lipinski definition) is 0. The van der Waals surface area contributed by atoms with Crippen LogP contribution in [0.1, 0.15) is 0 Å². The average molecular weight is 206 g/mol. The first-order chi connectivity index (χ1) is 6.20. The third-order valence-corrected chi connectivity index (χ3v) is 0.907. The highest BCUT2D eigenvalue weighted by Crippen LogP contribution is 1.97. The molecule has 0 bridgehead atoms. The van der Waals surface area contributed by atoms with Crippen molar-refractivity contribution in [3.8, 4) is 0 Å². The molecule has 0 saturated carbocycles. The van der Waals surface area contributed by atoms with Gasteiger partial charge in [-0.05, 0) is 0 Å². The van der Waals surface area contributed by atoms with E-state index in [0.717, 1.165) is 0 Å². The van der Waals surface area contributed by atoms with Crippen LogP contribution in [0.25, 0.3) is 0 Å². The van der Waals surface area contributed by atoms with Crippen LogP contribution in [0.2, 0.25) is 0 Å². The largest absolute Gasteiger partial charge is 0.329 e. The molecule has 80 valence electrons. The zero-order valence-electron chi connectivity index (χ0n) is 6.72. The summed E-state index contributed by atoms with van der Waals surface area (Å²) in [6, 6.07) is 0. The smallest absolute Gasteiger partial charge is 0.229 e. The molecule has 0 aromatic rings. The van der Waals surface area contributed by atoms with Crippen molar-refractivity contribution in [2.45, 2.75) is 12.7 Å². The Labute approximate surface area is 72.6 Å². The molecule has 0 rings (SSSR count). The summed E-state index contributed by atoms with van der Waals surface area (Å²) in [6.07, 6.45) is -4.13. The van der Waals surface area contributed by atoms with Crippen LogP contribution >= 0.6 is 0 Å². The van der Waals surface area contributed by atoms with Crippen LogP contribution in [-0.4, -0.2) is 39.7 Å². The molecule has 0 radical (unpaired) electrons. The maximum atomic E-state index is 11.9. The van der Waals surface area contributed by atoms with Gasteiger partial charge in [0, 0.05) is 0 Å². The topological polar surface area (TPSA) is 27.7 Å². The lowest BCUT2D eigenvalue weighted by atomic mass is 10.8. The summed E-state index contributed by atoms with van der Waals surface area (Å²) in [4.78, 5) is 0. The second kappa shape index (κ2) is 8.21. The van der Waals surface area contributed by atoms with Crippen molar-refractivity contribution >= 4 is 0 Å². The van der Waals surface area contributed by atoms with Crippen LogP contribution in [0, 0.1) is 0 Å². The number of ether oxygens (including phenoxy) is 3. The Hall–Kier alpha value is -0.400. The van der Waals surface area contributed by atoms with Gasteiger partial charge in [0.15, 0.2) is 13.6 Å². The molecule has 3 nitrogen and oxygen atoms in total. The molecule has 0 aliphatic carbocycles. The molecule has 0 amide bonds. The Morgan fingerprint density at radius 2 is 1.23 bits per heavy atom. The lowest BCUT2D eigenvalue weighted by Gasteiger charge is -2.08. The second-order valence-electron chi connectivity index (χ2n) is 1.90. The highest BCUT2D eigenvalue weighted by Gasteiger charge is 2.06. The second-order valence-corrected chi connectivity index (χ2v) is 1.90. The lowest BCUT2D eigenvalue weighted by molar-refractivity contribution is -0.205. The van der Waals surface area contributed by atoms with Crippen molar-refractivity contribution in [2.24, 2.45) is 0 Å². The van der Waals surface area contributed by atoms with Gasteiger partial charge in [0.2, 0.25) is 12.7 Å². The van der Waals surface area contributed by atoms with E-state index in [2.05, 4.69) is 14.2 Å². The molecule has 0 aromatic carbocycles. The molecule has 13 heavy (non-hydrogen) atoms. The van der Waals surface area contributed by atoms with Crippen molar-refractivity contribution < 1.29 is 31.8 Å². The van der Waals surface area contributed by atoms with Gasteiger partial charge >= 0.3 is 0 Å². The number of hydrogen-bond acceptors (Lipinski definition) is 3. The van der Waals surface area contributed by atoms with E-state index in [4.69, 9.17) is 0 Å². The summed E-state index contributed by atoms with van der Waals surface area (Å²) in [7, 11) is 0. The van der Waals surface area contributed by atoms with Crippen LogP contribution < -0.4 is 0 Å². The zero-order valence-corrected chi connectivity index (χ0v) is 6.72. The van der Waals surface area contributed by atoms with Crippen molar-refractivity contribution in [1.82, 2.24) is 0 Å². The molecule has 0 aliphatic rings. The minimum atomic E-state index is -2.07. The van der Waals surface area contributed by atoms with Crippen molar-refractivity contribution in [3.05, 3.63) is 0 Å². The minimum Gasteiger partial charge on any atom is -0.329 e. The number of alkyl halides is 4. The van der Waals surface area contributed by atoms with E-state index >= 15 is 0 Å². The van der Waals surface area contributed by atoms with Gasteiger partial charge in [-0.2, -0.15) is 0 Å². The SMILES string of the molecule is FCC(F)OCOCOC(F)CF. The highest BCUT2D eigenvalue weighted by atomic mass is 19.2. The van der Waals surface area contributed by atoms with Gasteiger partial charge in [-0.15, -0.1) is 0 Å². The zero-order chi connectivity index (χ0) is 10.1. The van der Waals surface area contributed by atoms with Crippen molar-refractivity contribution in [1.29, 1.82) is 0 Å². The predicted octanol–water partition coefficient (Wildman–Crippen LogP) is 1.48. The molecular formula is C6H10F4O3. The molecule has 0 saturated heterocycles. The van der Waals surface area contributed by atoms with Crippen molar-refractivity contribution in [2.75, 3.05) is 26.9 Å². The highest BCUT2D eigenvalue weighted by molar-refractivity contribution is 4.32. The van der Waals surface area contributed by atoms with E-state index in [9.17, 15) is 17.6 Å². The third-order valence-electron chi connectivity index (χ3n) is 0.907. The van der Waals surface area contributed by atoms with Gasteiger partial charge in [-0.25, -0.2) is 17.6 Å². The van der Waals surface area contributed by atoms with Gasteiger partial charge in [-0.1, -0.05) is 0 Å². The van der Waals surface area contributed by atoms with Crippen LogP contribution in [0.3, 0.4) is 0 Å². The molecule has 0 aliphatic heterocycles. The van der Waals surface area contributed by atoms with E-state index in [1.165, 1.54) is 0 Å². The first-order valence-electron chi connectivity index (χ1n) is 3.41. The van der Waals surface area contributed by atoms with Gasteiger partial charge in [0.25, 0.3) is 0 Å². The predicted molar refractivity (Wildman–Crippen MR) is 34.7 cm³/mol. The molecule has 0 fully saturated rings. The summed E-state index contributed by atoms with van der Waals surface area (Å²) in [5.74, 6) is 0.